The second-order valence-corrected chi connectivity index (χ2v) is 13.1. The Morgan fingerprint density at radius 1 is 0.833 bits per heavy atom. The van der Waals surface area contributed by atoms with Gasteiger partial charge in [-0.1, -0.05) is 27.7 Å². The summed E-state index contributed by atoms with van der Waals surface area (Å²) in [6.45, 7) is 10.9. The zero-order valence-electron chi connectivity index (χ0n) is 19.7. The number of fused-ring (bicyclic) bond motifs is 7. The highest BCUT2D eigenvalue weighted by atomic mass is 16.7. The summed E-state index contributed by atoms with van der Waals surface area (Å²) in [4.78, 5) is 0. The quantitative estimate of drug-likeness (QED) is 0.543. The van der Waals surface area contributed by atoms with Gasteiger partial charge in [0.15, 0.2) is 5.79 Å². The van der Waals surface area contributed by atoms with Gasteiger partial charge in [-0.3, -0.25) is 0 Å². The third-order valence-electron chi connectivity index (χ3n) is 11.9. The van der Waals surface area contributed by atoms with Gasteiger partial charge in [0.1, 0.15) is 0 Å². The van der Waals surface area contributed by atoms with E-state index < -0.39 is 0 Å². The predicted octanol–water partition coefficient (Wildman–Crippen LogP) is 5.79. The van der Waals surface area contributed by atoms with Crippen LogP contribution in [0.15, 0.2) is 0 Å². The predicted molar refractivity (Wildman–Crippen MR) is 118 cm³/mol. The van der Waals surface area contributed by atoms with Gasteiger partial charge >= 0.3 is 0 Å². The molecule has 2 heterocycles. The summed E-state index contributed by atoms with van der Waals surface area (Å²) in [5, 5.41) is 10.3. The molecule has 4 aliphatic carbocycles. The Hall–Kier alpha value is -0.120. The van der Waals surface area contributed by atoms with Gasteiger partial charge in [0.05, 0.1) is 18.8 Å². The topological polar surface area (TPSA) is 38.7 Å². The van der Waals surface area contributed by atoms with Crippen molar-refractivity contribution in [2.24, 2.45) is 52.3 Å². The average molecular weight is 417 g/mol. The summed E-state index contributed by atoms with van der Waals surface area (Å²) in [5.41, 5.74) is 0.899. The molecular formula is C27H44O3. The van der Waals surface area contributed by atoms with Crippen LogP contribution in [0.2, 0.25) is 0 Å². The monoisotopic (exact) mass is 416 g/mol. The van der Waals surface area contributed by atoms with Gasteiger partial charge in [-0.05, 0) is 104 Å². The molecular weight excluding hydrogens is 372 g/mol. The van der Waals surface area contributed by atoms with E-state index in [9.17, 15) is 5.11 Å². The number of hydrogen-bond donors (Lipinski definition) is 1. The van der Waals surface area contributed by atoms with E-state index in [0.29, 0.717) is 34.7 Å². The summed E-state index contributed by atoms with van der Waals surface area (Å²) in [6, 6.07) is 0. The highest BCUT2D eigenvalue weighted by Crippen LogP contribution is 2.71. The molecule has 0 aromatic heterocycles. The molecule has 4 saturated carbocycles. The second-order valence-electron chi connectivity index (χ2n) is 13.1. The molecule has 1 spiro atoms. The first kappa shape index (κ1) is 20.5. The van der Waals surface area contributed by atoms with Gasteiger partial charge in [0.2, 0.25) is 0 Å². The van der Waals surface area contributed by atoms with Crippen LogP contribution in [0.25, 0.3) is 0 Å². The van der Waals surface area contributed by atoms with Crippen LogP contribution in [0.3, 0.4) is 0 Å². The van der Waals surface area contributed by atoms with Crippen LogP contribution in [0.4, 0.5) is 0 Å². The van der Waals surface area contributed by atoms with Gasteiger partial charge in [-0.15, -0.1) is 0 Å². The molecule has 6 rings (SSSR count). The Kier molecular flexibility index (Phi) is 4.58. The fraction of sp³-hybridized carbons (Fsp3) is 1.00. The molecule has 1 unspecified atom stereocenters. The van der Waals surface area contributed by atoms with Crippen LogP contribution in [0.1, 0.15) is 91.9 Å². The SMILES string of the molecule is C[C@@H]1CC[C@@]2(OC1)O[C@H]1C[C@H]3[C@@H]4CCC5C[C@H](O)CC[C@]5(C)[C@H]4CC[C@]3(C)[C@H]1[C@@H]2C. The van der Waals surface area contributed by atoms with E-state index in [2.05, 4.69) is 27.7 Å². The molecule has 6 aliphatic rings. The number of aliphatic hydroxyl groups is 1. The van der Waals surface area contributed by atoms with Gasteiger partial charge in [0, 0.05) is 12.3 Å². The molecule has 12 atom stereocenters. The van der Waals surface area contributed by atoms with Crippen molar-refractivity contribution in [2.75, 3.05) is 6.61 Å². The van der Waals surface area contributed by atoms with Crippen molar-refractivity contribution in [1.82, 2.24) is 0 Å². The van der Waals surface area contributed by atoms with Gasteiger partial charge < -0.3 is 14.6 Å². The van der Waals surface area contributed by atoms with Gasteiger partial charge in [-0.25, -0.2) is 0 Å². The lowest BCUT2D eigenvalue weighted by Gasteiger charge is -2.61. The minimum Gasteiger partial charge on any atom is -0.393 e. The summed E-state index contributed by atoms with van der Waals surface area (Å²) in [6.07, 6.45) is 12.9. The number of rotatable bonds is 0. The average Bonchev–Trinajstić information content (AvgIpc) is 3.16. The molecule has 1 N–H and O–H groups in total. The molecule has 2 saturated heterocycles. The maximum Gasteiger partial charge on any atom is 0.171 e. The Balaban J connectivity index is 1.26. The zero-order chi connectivity index (χ0) is 20.9. The Morgan fingerprint density at radius 2 is 1.63 bits per heavy atom. The van der Waals surface area contributed by atoms with Crippen LogP contribution in [0, 0.1) is 52.3 Å². The molecule has 0 aromatic carbocycles. The van der Waals surface area contributed by atoms with Gasteiger partial charge in [-0.2, -0.15) is 0 Å². The Labute approximate surface area is 183 Å². The van der Waals surface area contributed by atoms with Crippen molar-refractivity contribution in [2.45, 2.75) is 110 Å². The van der Waals surface area contributed by atoms with Crippen molar-refractivity contribution in [3.05, 3.63) is 0 Å². The minimum atomic E-state index is -0.282. The third-order valence-corrected chi connectivity index (χ3v) is 11.9. The van der Waals surface area contributed by atoms with Crippen molar-refractivity contribution >= 4 is 0 Å². The summed E-state index contributed by atoms with van der Waals surface area (Å²) < 4.78 is 13.4. The first-order chi connectivity index (χ1) is 14.3. The summed E-state index contributed by atoms with van der Waals surface area (Å²) in [5.74, 6) is 4.93. The normalized spacial score (nSPS) is 62.5. The number of aliphatic hydroxyl groups excluding tert-OH is 1. The molecule has 3 heteroatoms. The van der Waals surface area contributed by atoms with Crippen molar-refractivity contribution < 1.29 is 14.6 Å². The van der Waals surface area contributed by atoms with Crippen molar-refractivity contribution in [3.8, 4) is 0 Å². The Morgan fingerprint density at radius 3 is 2.40 bits per heavy atom. The highest BCUT2D eigenvalue weighted by molar-refractivity contribution is 5.15. The first-order valence-electron chi connectivity index (χ1n) is 13.3. The Bertz CT molecular complexity index is 684. The van der Waals surface area contributed by atoms with E-state index in [4.69, 9.17) is 9.47 Å². The van der Waals surface area contributed by atoms with Crippen molar-refractivity contribution in [1.29, 1.82) is 0 Å². The van der Waals surface area contributed by atoms with E-state index in [1.54, 1.807) is 0 Å². The molecule has 3 nitrogen and oxygen atoms in total. The largest absolute Gasteiger partial charge is 0.393 e. The lowest BCUT2D eigenvalue weighted by Crippen LogP contribution is -2.55. The van der Waals surface area contributed by atoms with Crippen LogP contribution < -0.4 is 0 Å². The van der Waals surface area contributed by atoms with E-state index >= 15 is 0 Å². The van der Waals surface area contributed by atoms with E-state index in [0.717, 1.165) is 49.5 Å². The number of hydrogen-bond acceptors (Lipinski definition) is 3. The smallest absolute Gasteiger partial charge is 0.171 e. The fourth-order valence-corrected chi connectivity index (χ4v) is 10.3. The van der Waals surface area contributed by atoms with Crippen molar-refractivity contribution in [3.63, 3.8) is 0 Å². The minimum absolute atomic E-state index is 0.0389. The van der Waals surface area contributed by atoms with E-state index in [1.165, 1.54) is 44.9 Å². The maximum atomic E-state index is 10.3. The van der Waals surface area contributed by atoms with E-state index in [1.807, 2.05) is 0 Å². The lowest BCUT2D eigenvalue weighted by atomic mass is 9.44. The standard InChI is InChI=1S/C27H44O3/c1-16-7-12-27(29-15-16)17(2)24-23(30-27)14-22-20-6-5-18-13-19(28)8-10-25(18,3)21(20)9-11-26(22,24)4/h16-24,28H,5-15H2,1-4H3/t16-,17+,18?,19-,20-,21+,22+,23+,24+,25+,26+,27-/m1/s1. The van der Waals surface area contributed by atoms with E-state index in [-0.39, 0.29) is 11.9 Å². The molecule has 0 radical (unpaired) electrons. The van der Waals surface area contributed by atoms with Gasteiger partial charge in [0.25, 0.3) is 0 Å². The zero-order valence-corrected chi connectivity index (χ0v) is 19.7. The second kappa shape index (κ2) is 6.70. The van der Waals surface area contributed by atoms with Crippen LogP contribution >= 0.6 is 0 Å². The first-order valence-corrected chi connectivity index (χ1v) is 13.3. The molecule has 0 amide bonds. The third kappa shape index (κ3) is 2.61. The molecule has 0 bridgehead atoms. The fourth-order valence-electron chi connectivity index (χ4n) is 10.3. The number of ether oxygens (including phenoxy) is 2. The van der Waals surface area contributed by atoms with Crippen LogP contribution in [-0.4, -0.2) is 29.7 Å². The van der Waals surface area contributed by atoms with Crippen LogP contribution in [-0.2, 0) is 9.47 Å². The lowest BCUT2D eigenvalue weighted by molar-refractivity contribution is -0.273. The molecule has 6 fully saturated rings. The summed E-state index contributed by atoms with van der Waals surface area (Å²) in [7, 11) is 0. The highest BCUT2D eigenvalue weighted by Gasteiger charge is 2.69. The molecule has 0 aromatic rings. The summed E-state index contributed by atoms with van der Waals surface area (Å²) >= 11 is 0. The van der Waals surface area contributed by atoms with Crippen LogP contribution in [0.5, 0.6) is 0 Å². The molecule has 30 heavy (non-hydrogen) atoms. The molecule has 170 valence electrons. The molecule has 2 aliphatic heterocycles. The maximum absolute atomic E-state index is 10.3.